The summed E-state index contributed by atoms with van der Waals surface area (Å²) >= 11 is 0. The molecule has 1 unspecified atom stereocenters. The topological polar surface area (TPSA) is 174 Å². The van der Waals surface area contributed by atoms with Gasteiger partial charge in [0.05, 0.1) is 12.2 Å². The first-order chi connectivity index (χ1) is 31.5. The molecule has 65 heavy (non-hydrogen) atoms. The Morgan fingerprint density at radius 3 is 2.42 bits per heavy atom. The van der Waals surface area contributed by atoms with Gasteiger partial charge in [-0.3, -0.25) is 24.5 Å². The number of anilines is 4. The third-order valence-electron chi connectivity index (χ3n) is 15.1. The molecule has 2 atom stereocenters. The Balaban J connectivity index is 0.690. The highest BCUT2D eigenvalue weighted by Crippen LogP contribution is 2.44. The predicted molar refractivity (Wildman–Crippen MR) is 246 cm³/mol. The number of pyridine rings is 1. The number of allylic oxidation sites excluding steroid dienone is 2. The van der Waals surface area contributed by atoms with E-state index in [2.05, 4.69) is 54.6 Å². The molecule has 0 saturated carbocycles. The summed E-state index contributed by atoms with van der Waals surface area (Å²) < 4.78 is 3.33. The van der Waals surface area contributed by atoms with Gasteiger partial charge in [0.1, 0.15) is 17.0 Å². The molecule has 3 N–H and O–H groups in total. The largest absolute Gasteiger partial charge is 0.384 e. The number of rotatable bonds is 6. The van der Waals surface area contributed by atoms with Crippen LogP contribution in [0.1, 0.15) is 86.3 Å². The van der Waals surface area contributed by atoms with E-state index < -0.39 is 11.6 Å². The van der Waals surface area contributed by atoms with Crippen LogP contribution < -0.4 is 26.0 Å². The van der Waals surface area contributed by atoms with Gasteiger partial charge in [0.2, 0.25) is 17.8 Å². The summed E-state index contributed by atoms with van der Waals surface area (Å²) in [5.41, 5.74) is 4.77. The van der Waals surface area contributed by atoms with Gasteiger partial charge in [-0.15, -0.1) is 0 Å². The Kier molecular flexibility index (Phi) is 10.3. The first kappa shape index (κ1) is 41.3. The smallest absolute Gasteiger partial charge is 0.278 e. The summed E-state index contributed by atoms with van der Waals surface area (Å²) in [5, 5.41) is 17.3. The minimum absolute atomic E-state index is 0.126. The number of aliphatic hydroxyl groups is 1. The van der Waals surface area contributed by atoms with Crippen molar-refractivity contribution in [2.24, 2.45) is 5.41 Å². The van der Waals surface area contributed by atoms with Crippen molar-refractivity contribution in [2.75, 3.05) is 54.4 Å². The van der Waals surface area contributed by atoms with E-state index in [1.807, 2.05) is 48.6 Å². The second kappa shape index (κ2) is 16.2. The number of nitrogens with zero attached hydrogens (tertiary/aromatic N) is 9. The molecule has 3 amide bonds. The van der Waals surface area contributed by atoms with E-state index in [0.29, 0.717) is 77.9 Å². The summed E-state index contributed by atoms with van der Waals surface area (Å²) in [6.45, 7) is 8.79. The minimum Gasteiger partial charge on any atom is -0.384 e. The molecular weight excluding hydrogens is 823 g/mol. The molecule has 16 nitrogen and oxygen atoms in total. The standard InChI is InChI=1S/C49H55N11O5/c1-48(65)18-3-2-4-22-59-46(64)38-29-50-47(54-43(38)60(59)41-7-5-6-40(48)52-41)51-33-8-10-34(11-9-33)55-23-16-35(17-24-55)56-25-19-49(20-26-56)21-27-57(31-49)36-12-13-37-32(28-36)30-58(45(37)63)39-14-15-42(61)53-44(39)62/h2,4-13,28-29,35,39,65H,3,14-27,30-31H2,1H3,(H,50,51,54)(H,53,61,62)/b4-2-/t39?,48-/m1/s1. The molecule has 0 radical (unpaired) electrons. The van der Waals surface area contributed by atoms with Gasteiger partial charge in [0, 0.05) is 74.0 Å². The Morgan fingerprint density at radius 2 is 1.62 bits per heavy atom. The molecule has 4 saturated heterocycles. The molecule has 16 heteroatoms. The zero-order valence-corrected chi connectivity index (χ0v) is 36.8. The van der Waals surface area contributed by atoms with Crippen LogP contribution in [0.3, 0.4) is 0 Å². The van der Waals surface area contributed by atoms with E-state index in [4.69, 9.17) is 9.97 Å². The second-order valence-corrected chi connectivity index (χ2v) is 19.1. The lowest BCUT2D eigenvalue weighted by Gasteiger charge is -2.45. The Morgan fingerprint density at radius 1 is 0.831 bits per heavy atom. The predicted octanol–water partition coefficient (Wildman–Crippen LogP) is 5.00. The number of aromatic nitrogens is 5. The van der Waals surface area contributed by atoms with Crippen molar-refractivity contribution in [2.45, 2.75) is 95.5 Å². The lowest BCUT2D eigenvalue weighted by Crippen LogP contribution is -2.52. The summed E-state index contributed by atoms with van der Waals surface area (Å²) in [4.78, 5) is 74.6. The van der Waals surface area contributed by atoms with Crippen LogP contribution in [0.4, 0.5) is 23.0 Å². The molecular formula is C49H55N11O5. The first-order valence-electron chi connectivity index (χ1n) is 23.2. The van der Waals surface area contributed by atoms with Crippen LogP contribution in [0, 0.1) is 5.41 Å². The van der Waals surface area contributed by atoms with Crippen LogP contribution in [0.15, 0.2) is 83.8 Å². The lowest BCUT2D eigenvalue weighted by molar-refractivity contribution is -0.136. The fourth-order valence-electron chi connectivity index (χ4n) is 11.2. The Bertz CT molecular complexity index is 2780. The highest BCUT2D eigenvalue weighted by atomic mass is 16.3. The van der Waals surface area contributed by atoms with E-state index in [1.165, 1.54) is 24.9 Å². The number of hydrogen-bond acceptors (Lipinski definition) is 12. The average Bonchev–Trinajstić information content (AvgIpc) is 3.96. The van der Waals surface area contributed by atoms with Crippen molar-refractivity contribution >= 4 is 51.8 Å². The molecule has 11 rings (SSSR count). The minimum atomic E-state index is -1.12. The second-order valence-electron chi connectivity index (χ2n) is 19.1. The monoisotopic (exact) mass is 877 g/mol. The number of likely N-dealkylation sites (tertiary alicyclic amines) is 1. The maximum absolute atomic E-state index is 13.6. The van der Waals surface area contributed by atoms with Gasteiger partial charge in [-0.2, -0.15) is 4.98 Å². The van der Waals surface area contributed by atoms with Crippen LogP contribution in [-0.2, 0) is 28.3 Å². The fourth-order valence-corrected chi connectivity index (χ4v) is 11.2. The SMILES string of the molecule is C[C@@]1(O)CC/C=C\Cn2c(=O)c3cnc(Nc4ccc(N5CCC(N6CCC7(CCN(c8ccc9c(c8)CN(C8CCC(=O)NC8=O)C9=O)C7)CC6)CC5)cc4)nc3n2-c2cccc1n2. The van der Waals surface area contributed by atoms with E-state index in [-0.39, 0.29) is 29.7 Å². The Labute approximate surface area is 376 Å². The molecule has 2 bridgehead atoms. The molecule has 1 spiro atoms. The summed E-state index contributed by atoms with van der Waals surface area (Å²) in [5.74, 6) is 0.0995. The van der Waals surface area contributed by atoms with Gasteiger partial charge in [-0.1, -0.05) is 18.2 Å². The summed E-state index contributed by atoms with van der Waals surface area (Å²) in [7, 11) is 0. The molecule has 6 aliphatic heterocycles. The van der Waals surface area contributed by atoms with Crippen molar-refractivity contribution < 1.29 is 19.5 Å². The van der Waals surface area contributed by atoms with E-state index in [1.54, 1.807) is 27.4 Å². The third kappa shape index (κ3) is 7.65. The van der Waals surface area contributed by atoms with Gasteiger partial charge in [0.25, 0.3) is 11.5 Å². The first-order valence-corrected chi connectivity index (χ1v) is 23.2. The van der Waals surface area contributed by atoms with Crippen molar-refractivity contribution in [3.05, 3.63) is 106 Å². The van der Waals surface area contributed by atoms with Crippen LogP contribution in [0.5, 0.6) is 0 Å². The highest BCUT2D eigenvalue weighted by molar-refractivity contribution is 6.05. The van der Waals surface area contributed by atoms with Crippen LogP contribution in [0.25, 0.3) is 16.9 Å². The quantitative estimate of drug-likeness (QED) is 0.154. The molecule has 0 aliphatic carbocycles. The van der Waals surface area contributed by atoms with Gasteiger partial charge < -0.3 is 30.0 Å². The molecule has 2 aromatic carbocycles. The van der Waals surface area contributed by atoms with Crippen molar-refractivity contribution in [3.8, 4) is 5.82 Å². The van der Waals surface area contributed by atoms with Crippen LogP contribution >= 0.6 is 0 Å². The highest BCUT2D eigenvalue weighted by Gasteiger charge is 2.43. The number of benzene rings is 2. The van der Waals surface area contributed by atoms with Crippen LogP contribution in [-0.4, -0.2) is 108 Å². The fraction of sp³-hybridized carbons (Fsp3) is 0.449. The normalized spacial score (nSPS) is 24.2. The number of imide groups is 1. The molecule has 4 fully saturated rings. The zero-order chi connectivity index (χ0) is 44.5. The molecule has 9 heterocycles. The average molecular weight is 878 g/mol. The molecule has 5 aromatic rings. The zero-order valence-electron chi connectivity index (χ0n) is 36.8. The van der Waals surface area contributed by atoms with Gasteiger partial charge >= 0.3 is 0 Å². The summed E-state index contributed by atoms with van der Waals surface area (Å²) in [6, 6.07) is 20.0. The van der Waals surface area contributed by atoms with Crippen LogP contribution in [0.2, 0.25) is 0 Å². The number of nitrogens with one attached hydrogen (secondary N) is 2. The van der Waals surface area contributed by atoms with Crippen molar-refractivity contribution in [1.82, 2.24) is 39.4 Å². The van der Waals surface area contributed by atoms with E-state index in [0.717, 1.165) is 69.0 Å². The number of hydrogen-bond donors (Lipinski definition) is 3. The van der Waals surface area contributed by atoms with Crippen molar-refractivity contribution in [1.29, 1.82) is 0 Å². The maximum Gasteiger partial charge on any atom is 0.278 e. The maximum atomic E-state index is 13.6. The molecule has 336 valence electrons. The molecule has 6 aliphatic rings. The van der Waals surface area contributed by atoms with Gasteiger partial charge in [0.15, 0.2) is 11.5 Å². The van der Waals surface area contributed by atoms with Gasteiger partial charge in [-0.05, 0) is 137 Å². The number of carbonyl (C=O) groups is 3. The van der Waals surface area contributed by atoms with Crippen molar-refractivity contribution in [3.63, 3.8) is 0 Å². The number of carbonyl (C=O) groups excluding carboxylic acids is 3. The Hall–Kier alpha value is -6.39. The van der Waals surface area contributed by atoms with E-state index in [9.17, 15) is 24.3 Å². The third-order valence-corrected chi connectivity index (χ3v) is 15.1. The number of piperidine rings is 3. The number of fused-ring (bicyclic) bond motifs is 7. The van der Waals surface area contributed by atoms with Gasteiger partial charge in [-0.25, -0.2) is 19.3 Å². The lowest BCUT2D eigenvalue weighted by atomic mass is 9.77. The van der Waals surface area contributed by atoms with E-state index >= 15 is 0 Å². The number of amides is 3. The molecule has 3 aromatic heterocycles. The summed E-state index contributed by atoms with van der Waals surface area (Å²) in [6.07, 6.45) is 13.1.